The maximum Gasteiger partial charge on any atom is 0.410 e. The summed E-state index contributed by atoms with van der Waals surface area (Å²) in [7, 11) is 1.79. The van der Waals surface area contributed by atoms with E-state index < -0.39 is 5.60 Å². The van der Waals surface area contributed by atoms with Crippen molar-refractivity contribution >= 4 is 12.1 Å². The fourth-order valence-corrected chi connectivity index (χ4v) is 3.63. The Morgan fingerprint density at radius 2 is 1.93 bits per heavy atom. The van der Waals surface area contributed by atoms with E-state index >= 15 is 0 Å². The molecule has 0 aliphatic carbocycles. The lowest BCUT2D eigenvalue weighted by Gasteiger charge is -2.27. The summed E-state index contributed by atoms with van der Waals surface area (Å²) in [6, 6.07) is 0. The van der Waals surface area contributed by atoms with Crippen LogP contribution in [0.4, 0.5) is 4.79 Å². The van der Waals surface area contributed by atoms with Gasteiger partial charge in [0, 0.05) is 46.3 Å². The highest BCUT2D eigenvalue weighted by Crippen LogP contribution is 2.18. The molecule has 2 atom stereocenters. The molecular weight excluding hydrogens is 366 g/mol. The topological polar surface area (TPSA) is 60.4 Å². The number of likely N-dealkylation sites (tertiary alicyclic amines) is 1. The highest BCUT2D eigenvalue weighted by molar-refractivity contribution is 5.80. The lowest BCUT2D eigenvalue weighted by Crippen LogP contribution is -2.41. The van der Waals surface area contributed by atoms with Gasteiger partial charge in [-0.3, -0.25) is 4.99 Å². The van der Waals surface area contributed by atoms with Crippen LogP contribution in [0.25, 0.3) is 0 Å². The van der Waals surface area contributed by atoms with Crippen LogP contribution < -0.4 is 5.32 Å². The van der Waals surface area contributed by atoms with Gasteiger partial charge in [0.15, 0.2) is 5.96 Å². The highest BCUT2D eigenvalue weighted by Gasteiger charge is 2.26. The monoisotopic (exact) mass is 411 g/mol. The molecule has 2 unspecified atom stereocenters. The van der Waals surface area contributed by atoms with Crippen molar-refractivity contribution in [3.63, 3.8) is 0 Å². The van der Waals surface area contributed by atoms with Gasteiger partial charge >= 0.3 is 6.09 Å². The molecule has 0 aromatic heterocycles. The Balaban J connectivity index is 2.58. The summed E-state index contributed by atoms with van der Waals surface area (Å²) in [5, 5.41) is 3.45. The average molecular weight is 412 g/mol. The molecule has 0 aromatic carbocycles. The standard InChI is InChI=1S/C22H45N5O2/c1-9-23-20(27-13-12-19(17-27)16-26(10-2)11-3)24-14-18(4)15-25(8)21(28)29-22(5,6)7/h18-19H,9-17H2,1-8H3,(H,23,24). The SMILES string of the molecule is CCNC(=NCC(C)CN(C)C(=O)OC(C)(C)C)N1CCC(CN(CC)CC)C1. The zero-order valence-electron chi connectivity index (χ0n) is 20.1. The summed E-state index contributed by atoms with van der Waals surface area (Å²) >= 11 is 0. The summed E-state index contributed by atoms with van der Waals surface area (Å²) < 4.78 is 5.43. The van der Waals surface area contributed by atoms with E-state index in [1.165, 1.54) is 13.0 Å². The number of carbonyl (C=O) groups excluding carboxylic acids is 1. The van der Waals surface area contributed by atoms with Gasteiger partial charge in [-0.05, 0) is 59.0 Å². The molecule has 170 valence electrons. The Morgan fingerprint density at radius 1 is 1.28 bits per heavy atom. The minimum atomic E-state index is -0.470. The molecule has 1 heterocycles. The first kappa shape index (κ1) is 25.5. The van der Waals surface area contributed by atoms with Crippen LogP contribution in [-0.4, -0.2) is 91.8 Å². The first-order valence-electron chi connectivity index (χ1n) is 11.3. The van der Waals surface area contributed by atoms with Crippen LogP contribution in [0, 0.1) is 11.8 Å². The third-order valence-corrected chi connectivity index (χ3v) is 5.17. The zero-order chi connectivity index (χ0) is 22.0. The van der Waals surface area contributed by atoms with E-state index in [2.05, 4.69) is 42.8 Å². The molecule has 1 amide bonds. The fourth-order valence-electron chi connectivity index (χ4n) is 3.63. The minimum absolute atomic E-state index is 0.259. The molecule has 7 nitrogen and oxygen atoms in total. The van der Waals surface area contributed by atoms with Crippen LogP contribution in [0.5, 0.6) is 0 Å². The smallest absolute Gasteiger partial charge is 0.410 e. The summed E-state index contributed by atoms with van der Waals surface area (Å²) in [6.45, 7) is 22.1. The summed E-state index contributed by atoms with van der Waals surface area (Å²) in [5.41, 5.74) is -0.470. The second-order valence-electron chi connectivity index (χ2n) is 9.25. The van der Waals surface area contributed by atoms with Gasteiger partial charge in [0.05, 0.1) is 0 Å². The van der Waals surface area contributed by atoms with Gasteiger partial charge in [-0.1, -0.05) is 20.8 Å². The molecule has 1 saturated heterocycles. The van der Waals surface area contributed by atoms with Crippen LogP contribution in [0.3, 0.4) is 0 Å². The Morgan fingerprint density at radius 3 is 2.48 bits per heavy atom. The highest BCUT2D eigenvalue weighted by atomic mass is 16.6. The first-order chi connectivity index (χ1) is 13.6. The molecule has 7 heteroatoms. The molecule has 0 bridgehead atoms. The number of rotatable bonds is 9. The van der Waals surface area contributed by atoms with Gasteiger partial charge in [-0.25, -0.2) is 4.79 Å². The molecule has 0 aromatic rings. The van der Waals surface area contributed by atoms with E-state index in [1.807, 2.05) is 20.8 Å². The van der Waals surface area contributed by atoms with E-state index in [0.29, 0.717) is 19.0 Å². The number of nitrogens with zero attached hydrogens (tertiary/aromatic N) is 4. The van der Waals surface area contributed by atoms with Crippen molar-refractivity contribution < 1.29 is 9.53 Å². The molecule has 1 fully saturated rings. The first-order valence-corrected chi connectivity index (χ1v) is 11.3. The lowest BCUT2D eigenvalue weighted by atomic mass is 10.1. The number of hydrogen-bond acceptors (Lipinski definition) is 4. The van der Waals surface area contributed by atoms with Crippen LogP contribution in [0.15, 0.2) is 4.99 Å². The number of ether oxygens (including phenoxy) is 1. The fraction of sp³-hybridized carbons (Fsp3) is 0.909. The van der Waals surface area contributed by atoms with Crippen molar-refractivity contribution in [1.29, 1.82) is 0 Å². The summed E-state index contributed by atoms with van der Waals surface area (Å²) in [4.78, 5) is 23.6. The number of nitrogens with one attached hydrogen (secondary N) is 1. The predicted octanol–water partition coefficient (Wildman–Crippen LogP) is 3.12. The number of aliphatic imine (C=N–C) groups is 1. The minimum Gasteiger partial charge on any atom is -0.444 e. The molecule has 29 heavy (non-hydrogen) atoms. The second kappa shape index (κ2) is 12.3. The third kappa shape index (κ3) is 9.70. The van der Waals surface area contributed by atoms with E-state index in [1.54, 1.807) is 11.9 Å². The van der Waals surface area contributed by atoms with Gasteiger partial charge in [0.25, 0.3) is 0 Å². The van der Waals surface area contributed by atoms with Crippen molar-refractivity contribution in [2.24, 2.45) is 16.8 Å². The van der Waals surface area contributed by atoms with Crippen LogP contribution in [0.1, 0.15) is 54.9 Å². The molecule has 0 radical (unpaired) electrons. The molecule has 1 aliphatic heterocycles. The number of amides is 1. The molecule has 1 rings (SSSR count). The largest absolute Gasteiger partial charge is 0.444 e. The van der Waals surface area contributed by atoms with Gasteiger partial charge in [-0.15, -0.1) is 0 Å². The third-order valence-electron chi connectivity index (χ3n) is 5.17. The van der Waals surface area contributed by atoms with Gasteiger partial charge in [0.1, 0.15) is 5.60 Å². The maximum absolute atomic E-state index is 12.2. The summed E-state index contributed by atoms with van der Waals surface area (Å²) in [6.07, 6.45) is 0.941. The van der Waals surface area contributed by atoms with E-state index in [4.69, 9.17) is 9.73 Å². The van der Waals surface area contributed by atoms with Crippen molar-refractivity contribution in [3.05, 3.63) is 0 Å². The van der Waals surface area contributed by atoms with Crippen LogP contribution >= 0.6 is 0 Å². The Labute approximate surface area is 178 Å². The van der Waals surface area contributed by atoms with Crippen LogP contribution in [0.2, 0.25) is 0 Å². The second-order valence-corrected chi connectivity index (χ2v) is 9.25. The average Bonchev–Trinajstić information content (AvgIpc) is 3.10. The van der Waals surface area contributed by atoms with E-state index in [-0.39, 0.29) is 12.0 Å². The zero-order valence-corrected chi connectivity index (χ0v) is 20.1. The van der Waals surface area contributed by atoms with Crippen molar-refractivity contribution in [1.82, 2.24) is 20.0 Å². The van der Waals surface area contributed by atoms with Crippen molar-refractivity contribution in [3.8, 4) is 0 Å². The normalized spacial score (nSPS) is 18.9. The quantitative estimate of drug-likeness (QED) is 0.467. The van der Waals surface area contributed by atoms with Gasteiger partial charge in [-0.2, -0.15) is 0 Å². The Kier molecular flexibility index (Phi) is 10.8. The Hall–Kier alpha value is -1.50. The number of hydrogen-bond donors (Lipinski definition) is 1. The van der Waals surface area contributed by atoms with Gasteiger partial charge < -0.3 is 24.8 Å². The maximum atomic E-state index is 12.2. The molecule has 1 aliphatic rings. The van der Waals surface area contributed by atoms with Crippen LogP contribution in [-0.2, 0) is 4.74 Å². The summed E-state index contributed by atoms with van der Waals surface area (Å²) in [5.74, 6) is 1.96. The Bertz CT molecular complexity index is 514. The van der Waals surface area contributed by atoms with E-state index in [9.17, 15) is 4.79 Å². The molecule has 0 spiro atoms. The van der Waals surface area contributed by atoms with Gasteiger partial charge in [0.2, 0.25) is 0 Å². The van der Waals surface area contributed by atoms with Crippen molar-refractivity contribution in [2.75, 3.05) is 59.4 Å². The molecule has 0 saturated carbocycles. The predicted molar refractivity (Wildman–Crippen MR) is 121 cm³/mol. The molecular formula is C22H45N5O2. The molecule has 1 N–H and O–H groups in total. The van der Waals surface area contributed by atoms with Crippen molar-refractivity contribution in [2.45, 2.75) is 60.5 Å². The van der Waals surface area contributed by atoms with E-state index in [0.717, 1.165) is 38.7 Å². The number of guanidine groups is 1. The lowest BCUT2D eigenvalue weighted by molar-refractivity contribution is 0.0279. The number of carbonyl (C=O) groups is 1.